The first-order chi connectivity index (χ1) is 16.5. The number of ether oxygens (including phenoxy) is 2. The lowest BCUT2D eigenvalue weighted by atomic mass is 10.0. The van der Waals surface area contributed by atoms with Crippen molar-refractivity contribution in [3.05, 3.63) is 64.3 Å². The highest BCUT2D eigenvalue weighted by atomic mass is 32.1. The van der Waals surface area contributed by atoms with Gasteiger partial charge in [0.15, 0.2) is 5.78 Å². The van der Waals surface area contributed by atoms with Crippen LogP contribution < -0.4 is 15.5 Å². The van der Waals surface area contributed by atoms with Gasteiger partial charge in [0.1, 0.15) is 11.6 Å². The second kappa shape index (κ2) is 12.4. The van der Waals surface area contributed by atoms with Crippen LogP contribution >= 0.6 is 11.3 Å². The highest BCUT2D eigenvalue weighted by Crippen LogP contribution is 2.29. The van der Waals surface area contributed by atoms with Crippen LogP contribution in [0.25, 0.3) is 10.1 Å². The first-order valence-electron chi connectivity index (χ1n) is 10.8. The molecule has 0 fully saturated rings. The van der Waals surface area contributed by atoms with Crippen LogP contribution in [0.4, 0.5) is 4.39 Å². The molecule has 3 aromatic rings. The van der Waals surface area contributed by atoms with E-state index in [1.807, 2.05) is 24.6 Å². The molecule has 0 aliphatic heterocycles. The van der Waals surface area contributed by atoms with Crippen LogP contribution in [-0.2, 0) is 16.1 Å². The fourth-order valence-electron chi connectivity index (χ4n) is 3.51. The number of carbonyl (C=O) groups excluding carboxylic acids is 2. The molecule has 1 heterocycles. The van der Waals surface area contributed by atoms with E-state index in [9.17, 15) is 14.0 Å². The smallest absolute Gasteiger partial charge is 0.240 e. The van der Waals surface area contributed by atoms with Crippen LogP contribution in [-0.4, -0.2) is 45.3 Å². The molecule has 7 nitrogen and oxygen atoms in total. The summed E-state index contributed by atoms with van der Waals surface area (Å²) < 4.78 is 25.1. The van der Waals surface area contributed by atoms with Gasteiger partial charge in [-0.3, -0.25) is 9.59 Å². The third-order valence-corrected chi connectivity index (χ3v) is 6.28. The topological polar surface area (TPSA) is 89.0 Å². The summed E-state index contributed by atoms with van der Waals surface area (Å²) in [6, 6.07) is 10.1. The average Bonchev–Trinajstić information content (AvgIpc) is 3.28. The van der Waals surface area contributed by atoms with Crippen molar-refractivity contribution in [1.82, 2.24) is 10.7 Å². The van der Waals surface area contributed by atoms with Crippen LogP contribution in [0.2, 0.25) is 0 Å². The highest BCUT2D eigenvalue weighted by molar-refractivity contribution is 7.17. The van der Waals surface area contributed by atoms with Crippen LogP contribution in [0.3, 0.4) is 0 Å². The number of thiophene rings is 1. The van der Waals surface area contributed by atoms with E-state index in [2.05, 4.69) is 15.8 Å². The molecule has 0 atom stereocenters. The van der Waals surface area contributed by atoms with Gasteiger partial charge in [-0.25, -0.2) is 9.82 Å². The summed E-state index contributed by atoms with van der Waals surface area (Å²) in [5.41, 5.74) is 5.30. The Kier molecular flexibility index (Phi) is 9.26. The number of rotatable bonds is 12. The molecule has 0 bridgehead atoms. The number of hydrazone groups is 1. The molecule has 1 aromatic heterocycles. The zero-order valence-electron chi connectivity index (χ0n) is 19.4. The molecule has 9 heteroatoms. The second-order valence-corrected chi connectivity index (χ2v) is 8.46. The van der Waals surface area contributed by atoms with E-state index in [0.717, 1.165) is 16.5 Å². The molecule has 180 valence electrons. The molecular weight excluding hydrogens is 457 g/mol. The van der Waals surface area contributed by atoms with Crippen molar-refractivity contribution in [1.29, 1.82) is 0 Å². The van der Waals surface area contributed by atoms with Crippen LogP contribution in [0, 0.1) is 5.82 Å². The van der Waals surface area contributed by atoms with Crippen molar-refractivity contribution in [2.75, 3.05) is 27.9 Å². The van der Waals surface area contributed by atoms with E-state index in [-0.39, 0.29) is 30.3 Å². The zero-order chi connectivity index (χ0) is 24.5. The van der Waals surface area contributed by atoms with Gasteiger partial charge in [-0.2, -0.15) is 5.10 Å². The maximum atomic E-state index is 14.1. The van der Waals surface area contributed by atoms with Gasteiger partial charge in [-0.1, -0.05) is 24.3 Å². The predicted octanol–water partition coefficient (Wildman–Crippen LogP) is 4.29. The summed E-state index contributed by atoms with van der Waals surface area (Å²) in [5.74, 6) is -0.213. The fourth-order valence-corrected chi connectivity index (χ4v) is 4.49. The molecule has 34 heavy (non-hydrogen) atoms. The lowest BCUT2D eigenvalue weighted by molar-refractivity contribution is -0.121. The Bertz CT molecular complexity index is 1190. The van der Waals surface area contributed by atoms with Gasteiger partial charge in [0.2, 0.25) is 5.91 Å². The number of carbonyl (C=O) groups is 2. The van der Waals surface area contributed by atoms with Crippen molar-refractivity contribution in [2.45, 2.75) is 25.8 Å². The predicted molar refractivity (Wildman–Crippen MR) is 132 cm³/mol. The number of halogens is 1. The summed E-state index contributed by atoms with van der Waals surface area (Å²) in [7, 11) is 4.97. The number of amides is 1. The molecular formula is C25H28FN3O4S. The molecule has 3 rings (SSSR count). The number of nitrogens with zero attached hydrogens (tertiary/aromatic N) is 1. The minimum atomic E-state index is -0.382. The van der Waals surface area contributed by atoms with Crippen LogP contribution in [0.1, 0.15) is 40.7 Å². The first-order valence-corrected chi connectivity index (χ1v) is 11.7. The van der Waals surface area contributed by atoms with E-state index >= 15 is 0 Å². The normalized spacial score (nSPS) is 11.6. The van der Waals surface area contributed by atoms with Crippen molar-refractivity contribution in [2.24, 2.45) is 5.10 Å². The van der Waals surface area contributed by atoms with E-state index in [1.54, 1.807) is 32.4 Å². The standard InChI is InChI=1S/C25H28FN3O4S/c1-27-14-17-8-7-16(13-23(17)33-3)22(30)9-10-24(31)29-28-21(11-12-32-2)19-15-34-25-18(19)5-4-6-20(25)26/h4-8,13,15,27H,9-12,14H2,1-3H3,(H,29,31)/b28-21+. The quantitative estimate of drug-likeness (QED) is 0.227. The van der Waals surface area contributed by atoms with Gasteiger partial charge in [-0.05, 0) is 19.2 Å². The third-order valence-electron chi connectivity index (χ3n) is 5.28. The largest absolute Gasteiger partial charge is 0.496 e. The van der Waals surface area contributed by atoms with Crippen LogP contribution in [0.5, 0.6) is 5.75 Å². The fraction of sp³-hybridized carbons (Fsp3) is 0.320. The molecule has 2 aromatic carbocycles. The van der Waals surface area contributed by atoms with E-state index < -0.39 is 0 Å². The average molecular weight is 486 g/mol. The van der Waals surface area contributed by atoms with E-state index in [4.69, 9.17) is 9.47 Å². The number of ketones is 1. The Morgan fingerprint density at radius 1 is 1.12 bits per heavy atom. The molecule has 0 saturated heterocycles. The summed E-state index contributed by atoms with van der Waals surface area (Å²) in [6.07, 6.45) is 0.464. The molecule has 0 aliphatic rings. The Balaban J connectivity index is 1.66. The Morgan fingerprint density at radius 3 is 2.68 bits per heavy atom. The SMILES string of the molecule is CNCc1ccc(C(=O)CCC(=O)N/N=C(\CCOC)c2csc3c(F)cccc23)cc1OC. The maximum absolute atomic E-state index is 14.1. The van der Waals surface area contributed by atoms with E-state index in [1.165, 1.54) is 17.4 Å². The van der Waals surface area contributed by atoms with Gasteiger partial charge in [0.25, 0.3) is 0 Å². The minimum Gasteiger partial charge on any atom is -0.496 e. The number of methoxy groups -OCH3 is 2. The number of benzene rings is 2. The lowest BCUT2D eigenvalue weighted by Gasteiger charge is -2.10. The Labute approximate surface area is 202 Å². The monoisotopic (exact) mass is 485 g/mol. The molecule has 0 saturated carbocycles. The molecule has 0 aliphatic carbocycles. The van der Waals surface area contributed by atoms with Gasteiger partial charge in [0, 0.05) is 60.4 Å². The van der Waals surface area contributed by atoms with E-state index in [0.29, 0.717) is 41.3 Å². The Hall–Kier alpha value is -3.14. The van der Waals surface area contributed by atoms with Crippen molar-refractivity contribution >= 4 is 38.8 Å². The molecule has 0 radical (unpaired) electrons. The number of nitrogens with one attached hydrogen (secondary N) is 2. The molecule has 1 amide bonds. The van der Waals surface area contributed by atoms with Crippen molar-refractivity contribution < 1.29 is 23.5 Å². The summed E-state index contributed by atoms with van der Waals surface area (Å²) in [4.78, 5) is 25.0. The van der Waals surface area contributed by atoms with Gasteiger partial charge in [-0.15, -0.1) is 11.3 Å². The Morgan fingerprint density at radius 2 is 1.94 bits per heavy atom. The number of fused-ring (bicyclic) bond motifs is 1. The van der Waals surface area contributed by atoms with Gasteiger partial charge < -0.3 is 14.8 Å². The number of Topliss-reactive ketones (excluding diaryl/α,β-unsaturated/α-hetero) is 1. The second-order valence-electron chi connectivity index (χ2n) is 7.58. The van der Waals surface area contributed by atoms with Crippen molar-refractivity contribution in [3.8, 4) is 5.75 Å². The van der Waals surface area contributed by atoms with Crippen LogP contribution in [0.15, 0.2) is 46.9 Å². The maximum Gasteiger partial charge on any atom is 0.240 e. The molecule has 0 unspecified atom stereocenters. The number of hydrogen-bond acceptors (Lipinski definition) is 7. The first kappa shape index (κ1) is 25.5. The zero-order valence-corrected chi connectivity index (χ0v) is 20.3. The lowest BCUT2D eigenvalue weighted by Crippen LogP contribution is -2.21. The number of hydrogen-bond donors (Lipinski definition) is 2. The van der Waals surface area contributed by atoms with Gasteiger partial charge in [0.05, 0.1) is 24.1 Å². The minimum absolute atomic E-state index is 0.0144. The third kappa shape index (κ3) is 6.25. The summed E-state index contributed by atoms with van der Waals surface area (Å²) in [6.45, 7) is 1.01. The molecule has 0 spiro atoms. The van der Waals surface area contributed by atoms with Gasteiger partial charge >= 0.3 is 0 Å². The van der Waals surface area contributed by atoms with Crippen molar-refractivity contribution in [3.63, 3.8) is 0 Å². The molecule has 2 N–H and O–H groups in total. The highest BCUT2D eigenvalue weighted by Gasteiger charge is 2.15. The summed E-state index contributed by atoms with van der Waals surface area (Å²) >= 11 is 1.29. The summed E-state index contributed by atoms with van der Waals surface area (Å²) in [5, 5.41) is 9.88.